The fraction of sp³-hybridized carbons (Fsp3) is 0.333. The van der Waals surface area contributed by atoms with Gasteiger partial charge >= 0.3 is 5.97 Å². The lowest BCUT2D eigenvalue weighted by Crippen LogP contribution is -2.32. The molecule has 0 bridgehead atoms. The third-order valence-corrected chi connectivity index (χ3v) is 4.94. The van der Waals surface area contributed by atoms with Crippen LogP contribution in [0.15, 0.2) is 30.5 Å². The van der Waals surface area contributed by atoms with Crippen LogP contribution in [0.25, 0.3) is 0 Å². The Kier molecular flexibility index (Phi) is 9.55. The van der Waals surface area contributed by atoms with Crippen molar-refractivity contribution in [2.75, 3.05) is 25.1 Å². The van der Waals surface area contributed by atoms with Crippen molar-refractivity contribution >= 4 is 46.8 Å². The molecule has 2 rings (SSSR count). The first-order valence-electron chi connectivity index (χ1n) is 9.59. The Morgan fingerprint density at radius 3 is 2.52 bits per heavy atom. The maximum Gasteiger partial charge on any atom is 0.325 e. The van der Waals surface area contributed by atoms with Crippen molar-refractivity contribution in [2.45, 2.75) is 26.7 Å². The summed E-state index contributed by atoms with van der Waals surface area (Å²) in [5, 5.41) is 5.42. The van der Waals surface area contributed by atoms with E-state index in [0.29, 0.717) is 28.5 Å². The minimum absolute atomic E-state index is 0.111. The standard InChI is InChI=1S/C21H23Cl2N3O5/c1-3-4-9-30-15-7-5-14(6-8-15)21(29)25-11-18(28)31-12-17(27)26-20-19(23)13(2)16(22)10-24-20/h5-8,10H,3-4,9,11-12H2,1-2H3,(H,25,29)(H,24,26,27). The molecule has 1 heterocycles. The smallest absolute Gasteiger partial charge is 0.325 e. The number of aromatic nitrogens is 1. The molecule has 0 saturated carbocycles. The number of hydrogen-bond donors (Lipinski definition) is 2. The first-order valence-corrected chi connectivity index (χ1v) is 10.3. The van der Waals surface area contributed by atoms with E-state index in [0.717, 1.165) is 12.8 Å². The van der Waals surface area contributed by atoms with Gasteiger partial charge in [-0.2, -0.15) is 0 Å². The molecule has 0 aliphatic carbocycles. The number of esters is 1. The molecule has 0 fully saturated rings. The van der Waals surface area contributed by atoms with Crippen molar-refractivity contribution in [1.82, 2.24) is 10.3 Å². The molecular formula is C21H23Cl2N3O5. The highest BCUT2D eigenvalue weighted by Gasteiger charge is 2.14. The average molecular weight is 468 g/mol. The minimum atomic E-state index is -0.769. The summed E-state index contributed by atoms with van der Waals surface area (Å²) >= 11 is 12.0. The van der Waals surface area contributed by atoms with Gasteiger partial charge in [0.1, 0.15) is 12.3 Å². The quantitative estimate of drug-likeness (QED) is 0.406. The molecule has 166 valence electrons. The predicted molar refractivity (Wildman–Crippen MR) is 118 cm³/mol. The van der Waals surface area contributed by atoms with Crippen molar-refractivity contribution in [3.63, 3.8) is 0 Å². The van der Waals surface area contributed by atoms with Crippen molar-refractivity contribution in [3.05, 3.63) is 51.6 Å². The molecule has 2 N–H and O–H groups in total. The minimum Gasteiger partial charge on any atom is -0.494 e. The summed E-state index contributed by atoms with van der Waals surface area (Å²) in [6.07, 6.45) is 3.33. The lowest BCUT2D eigenvalue weighted by molar-refractivity contribution is -0.146. The monoisotopic (exact) mass is 467 g/mol. The Morgan fingerprint density at radius 1 is 1.13 bits per heavy atom. The van der Waals surface area contributed by atoms with E-state index < -0.39 is 24.4 Å². The second-order valence-electron chi connectivity index (χ2n) is 6.51. The van der Waals surface area contributed by atoms with Gasteiger partial charge in [-0.25, -0.2) is 4.98 Å². The summed E-state index contributed by atoms with van der Waals surface area (Å²) in [5.74, 6) is -1.07. The molecule has 31 heavy (non-hydrogen) atoms. The number of pyridine rings is 1. The maximum atomic E-state index is 12.1. The molecule has 0 aliphatic rings. The van der Waals surface area contributed by atoms with Crippen LogP contribution in [0.2, 0.25) is 10.0 Å². The van der Waals surface area contributed by atoms with Gasteiger partial charge in [-0.05, 0) is 43.2 Å². The molecular weight excluding hydrogens is 445 g/mol. The third-order valence-electron chi connectivity index (χ3n) is 4.10. The van der Waals surface area contributed by atoms with E-state index in [2.05, 4.69) is 22.5 Å². The summed E-state index contributed by atoms with van der Waals surface area (Å²) in [4.78, 5) is 39.8. The highest BCUT2D eigenvalue weighted by molar-refractivity contribution is 6.37. The van der Waals surface area contributed by atoms with E-state index in [-0.39, 0.29) is 17.4 Å². The van der Waals surface area contributed by atoms with Gasteiger partial charge in [0.05, 0.1) is 16.7 Å². The second-order valence-corrected chi connectivity index (χ2v) is 7.30. The highest BCUT2D eigenvalue weighted by atomic mass is 35.5. The van der Waals surface area contributed by atoms with Gasteiger partial charge in [-0.3, -0.25) is 14.4 Å². The Labute approximate surface area is 190 Å². The fourth-order valence-electron chi connectivity index (χ4n) is 2.30. The molecule has 1 aromatic carbocycles. The summed E-state index contributed by atoms with van der Waals surface area (Å²) in [6, 6.07) is 6.57. The van der Waals surface area contributed by atoms with Gasteiger partial charge in [0, 0.05) is 11.8 Å². The fourth-order valence-corrected chi connectivity index (χ4v) is 2.69. The predicted octanol–water partition coefficient (Wildman–Crippen LogP) is 3.79. The van der Waals surface area contributed by atoms with E-state index in [1.807, 2.05) is 0 Å². The highest BCUT2D eigenvalue weighted by Crippen LogP contribution is 2.28. The molecule has 0 spiro atoms. The van der Waals surface area contributed by atoms with E-state index in [9.17, 15) is 14.4 Å². The molecule has 0 atom stereocenters. The van der Waals surface area contributed by atoms with Gasteiger partial charge in [-0.15, -0.1) is 0 Å². The van der Waals surface area contributed by atoms with Gasteiger partial charge in [-0.1, -0.05) is 36.5 Å². The number of unbranched alkanes of at least 4 members (excludes halogenated alkanes) is 1. The maximum absolute atomic E-state index is 12.1. The van der Waals surface area contributed by atoms with Gasteiger partial charge < -0.3 is 20.1 Å². The summed E-state index contributed by atoms with van der Waals surface area (Å²) in [7, 11) is 0. The molecule has 2 aromatic rings. The van der Waals surface area contributed by atoms with Crippen molar-refractivity contribution in [1.29, 1.82) is 0 Å². The number of nitrogens with one attached hydrogen (secondary N) is 2. The molecule has 1 aromatic heterocycles. The topological polar surface area (TPSA) is 107 Å². The summed E-state index contributed by atoms with van der Waals surface area (Å²) in [5.41, 5.74) is 0.932. The Hall–Kier alpha value is -2.84. The molecule has 8 nitrogen and oxygen atoms in total. The summed E-state index contributed by atoms with van der Waals surface area (Å²) in [6.45, 7) is 3.42. The van der Waals surface area contributed by atoms with Crippen LogP contribution in [-0.2, 0) is 14.3 Å². The van der Waals surface area contributed by atoms with Gasteiger partial charge in [0.15, 0.2) is 12.4 Å². The van der Waals surface area contributed by atoms with Crippen molar-refractivity contribution < 1.29 is 23.9 Å². The number of carbonyl (C=O) groups excluding carboxylic acids is 3. The van der Waals surface area contributed by atoms with Crippen LogP contribution < -0.4 is 15.4 Å². The molecule has 0 saturated heterocycles. The average Bonchev–Trinajstić information content (AvgIpc) is 2.77. The Bertz CT molecular complexity index is 935. The van der Waals surface area contributed by atoms with E-state index in [4.69, 9.17) is 32.7 Å². The van der Waals surface area contributed by atoms with Gasteiger partial charge in [0.25, 0.3) is 11.8 Å². The zero-order valence-corrected chi connectivity index (χ0v) is 18.7. The largest absolute Gasteiger partial charge is 0.494 e. The number of rotatable bonds is 10. The number of benzene rings is 1. The van der Waals surface area contributed by atoms with Gasteiger partial charge in [0.2, 0.25) is 0 Å². The van der Waals surface area contributed by atoms with Crippen molar-refractivity contribution in [2.24, 2.45) is 0 Å². The number of ether oxygens (including phenoxy) is 2. The number of hydrogen-bond acceptors (Lipinski definition) is 6. The zero-order chi connectivity index (χ0) is 22.8. The first-order chi connectivity index (χ1) is 14.8. The SMILES string of the molecule is CCCCOc1ccc(C(=O)NCC(=O)OCC(=O)Nc2ncc(Cl)c(C)c2Cl)cc1. The number of anilines is 1. The van der Waals surface area contributed by atoms with E-state index in [1.54, 1.807) is 31.2 Å². The van der Waals surface area contributed by atoms with Crippen LogP contribution in [0.5, 0.6) is 5.75 Å². The van der Waals surface area contributed by atoms with Crippen LogP contribution in [0, 0.1) is 6.92 Å². The zero-order valence-electron chi connectivity index (χ0n) is 17.2. The molecule has 0 aliphatic heterocycles. The van der Waals surface area contributed by atoms with Crippen LogP contribution in [0.4, 0.5) is 5.82 Å². The summed E-state index contributed by atoms with van der Waals surface area (Å²) < 4.78 is 10.4. The van der Waals surface area contributed by atoms with E-state index in [1.165, 1.54) is 6.20 Å². The number of amides is 2. The van der Waals surface area contributed by atoms with Crippen LogP contribution in [-0.4, -0.2) is 42.5 Å². The van der Waals surface area contributed by atoms with Crippen LogP contribution >= 0.6 is 23.2 Å². The lowest BCUT2D eigenvalue weighted by Gasteiger charge is -2.10. The first kappa shape index (κ1) is 24.4. The molecule has 2 amide bonds. The van der Waals surface area contributed by atoms with Crippen LogP contribution in [0.1, 0.15) is 35.7 Å². The van der Waals surface area contributed by atoms with E-state index >= 15 is 0 Å². The number of nitrogens with zero attached hydrogens (tertiary/aromatic N) is 1. The number of carbonyl (C=O) groups is 3. The molecule has 0 radical (unpaired) electrons. The third kappa shape index (κ3) is 7.73. The number of halogens is 2. The normalized spacial score (nSPS) is 10.3. The van der Waals surface area contributed by atoms with Crippen LogP contribution in [0.3, 0.4) is 0 Å². The lowest BCUT2D eigenvalue weighted by atomic mass is 10.2. The Morgan fingerprint density at radius 2 is 1.84 bits per heavy atom. The molecule has 10 heteroatoms. The van der Waals surface area contributed by atoms with Crippen molar-refractivity contribution in [3.8, 4) is 5.75 Å². The Balaban J connectivity index is 1.74. The second kappa shape index (κ2) is 12.1. The molecule has 0 unspecified atom stereocenters.